The lowest BCUT2D eigenvalue weighted by molar-refractivity contribution is 0.0948. The molecule has 2 aliphatic rings. The first-order valence-electron chi connectivity index (χ1n) is 5.42. The fourth-order valence-corrected chi connectivity index (χ4v) is 1.83. The van der Waals surface area contributed by atoms with Crippen molar-refractivity contribution in [2.24, 2.45) is 5.73 Å². The van der Waals surface area contributed by atoms with Gasteiger partial charge in [0.1, 0.15) is 13.2 Å². The summed E-state index contributed by atoms with van der Waals surface area (Å²) in [5, 5.41) is 0. The largest absolute Gasteiger partial charge is 0.486 e. The second kappa shape index (κ2) is 3.22. The molecule has 84 valence electrons. The minimum atomic E-state index is -0.621. The zero-order valence-corrected chi connectivity index (χ0v) is 8.86. The van der Waals surface area contributed by atoms with Gasteiger partial charge in [0.25, 0.3) is 0 Å². The van der Waals surface area contributed by atoms with Crippen LogP contribution in [0.15, 0.2) is 18.2 Å². The van der Waals surface area contributed by atoms with Crippen LogP contribution in [0.2, 0.25) is 0 Å². The number of ether oxygens (including phenoxy) is 2. The van der Waals surface area contributed by atoms with E-state index in [2.05, 4.69) is 0 Å². The van der Waals surface area contributed by atoms with Gasteiger partial charge in [0.2, 0.25) is 0 Å². The van der Waals surface area contributed by atoms with E-state index in [0.29, 0.717) is 30.3 Å². The highest BCUT2D eigenvalue weighted by molar-refractivity contribution is 6.05. The Balaban J connectivity index is 1.94. The minimum Gasteiger partial charge on any atom is -0.486 e. The third-order valence-electron chi connectivity index (χ3n) is 3.05. The fourth-order valence-electron chi connectivity index (χ4n) is 1.83. The van der Waals surface area contributed by atoms with Crippen LogP contribution in [0.5, 0.6) is 11.5 Å². The lowest BCUT2D eigenvalue weighted by atomic mass is 10.0. The molecule has 4 nitrogen and oxygen atoms in total. The van der Waals surface area contributed by atoms with Crippen molar-refractivity contribution in [2.75, 3.05) is 13.2 Å². The van der Waals surface area contributed by atoms with E-state index in [0.717, 1.165) is 12.8 Å². The maximum Gasteiger partial charge on any atom is 0.182 e. The monoisotopic (exact) mass is 219 g/mol. The molecule has 1 aliphatic carbocycles. The van der Waals surface area contributed by atoms with Gasteiger partial charge < -0.3 is 15.2 Å². The summed E-state index contributed by atoms with van der Waals surface area (Å²) in [6.45, 7) is 1.08. The molecule has 0 spiro atoms. The first-order chi connectivity index (χ1) is 7.69. The van der Waals surface area contributed by atoms with E-state index in [-0.39, 0.29) is 5.78 Å². The van der Waals surface area contributed by atoms with Crippen molar-refractivity contribution in [3.8, 4) is 11.5 Å². The Hall–Kier alpha value is -1.55. The van der Waals surface area contributed by atoms with Crippen molar-refractivity contribution in [3.63, 3.8) is 0 Å². The molecule has 4 heteroatoms. The van der Waals surface area contributed by atoms with Gasteiger partial charge in [0.05, 0.1) is 5.54 Å². The standard InChI is InChI=1S/C12H13NO3/c13-12(3-4-12)11(14)8-1-2-9-10(7-8)16-6-5-15-9/h1-2,7H,3-6,13H2. The van der Waals surface area contributed by atoms with Gasteiger partial charge in [-0.25, -0.2) is 0 Å². The molecule has 0 amide bonds. The van der Waals surface area contributed by atoms with Gasteiger partial charge >= 0.3 is 0 Å². The molecule has 1 aliphatic heterocycles. The number of hydrogen-bond acceptors (Lipinski definition) is 4. The van der Waals surface area contributed by atoms with Crippen LogP contribution >= 0.6 is 0 Å². The normalized spacial score (nSPS) is 20.3. The van der Waals surface area contributed by atoms with Crippen molar-refractivity contribution >= 4 is 5.78 Å². The average molecular weight is 219 g/mol. The average Bonchev–Trinajstić information content (AvgIpc) is 3.07. The molecule has 1 aromatic carbocycles. The molecule has 16 heavy (non-hydrogen) atoms. The van der Waals surface area contributed by atoms with Crippen LogP contribution in [0.3, 0.4) is 0 Å². The van der Waals surface area contributed by atoms with Crippen LogP contribution < -0.4 is 15.2 Å². The summed E-state index contributed by atoms with van der Waals surface area (Å²) in [5.41, 5.74) is 5.87. The van der Waals surface area contributed by atoms with E-state index in [1.54, 1.807) is 18.2 Å². The van der Waals surface area contributed by atoms with Crippen molar-refractivity contribution in [1.29, 1.82) is 0 Å². The highest BCUT2D eigenvalue weighted by Gasteiger charge is 2.46. The molecule has 0 bridgehead atoms. The van der Waals surface area contributed by atoms with Gasteiger partial charge in [-0.2, -0.15) is 0 Å². The Morgan fingerprint density at radius 2 is 1.88 bits per heavy atom. The third-order valence-corrected chi connectivity index (χ3v) is 3.05. The number of carbonyl (C=O) groups excluding carboxylic acids is 1. The molecule has 1 fully saturated rings. The topological polar surface area (TPSA) is 61.6 Å². The maximum atomic E-state index is 12.0. The highest BCUT2D eigenvalue weighted by Crippen LogP contribution is 2.38. The minimum absolute atomic E-state index is 0.00414. The highest BCUT2D eigenvalue weighted by atomic mass is 16.6. The number of benzene rings is 1. The Labute approximate surface area is 93.3 Å². The third kappa shape index (κ3) is 1.46. The van der Waals surface area contributed by atoms with Gasteiger partial charge in [-0.1, -0.05) is 0 Å². The van der Waals surface area contributed by atoms with Gasteiger partial charge in [-0.05, 0) is 31.0 Å². The SMILES string of the molecule is NC1(C(=O)c2ccc3c(c2)OCCO3)CC1. The Bertz CT molecular complexity index is 452. The summed E-state index contributed by atoms with van der Waals surface area (Å²) in [7, 11) is 0. The molecular formula is C12H13NO3. The fraction of sp³-hybridized carbons (Fsp3) is 0.417. The number of rotatable bonds is 2. The molecule has 2 N–H and O–H groups in total. The zero-order chi connectivity index (χ0) is 11.2. The number of ketones is 1. The van der Waals surface area contributed by atoms with Gasteiger partial charge in [0, 0.05) is 5.56 Å². The molecule has 1 saturated carbocycles. The van der Waals surface area contributed by atoms with E-state index in [1.165, 1.54) is 0 Å². The predicted molar refractivity (Wildman–Crippen MR) is 57.9 cm³/mol. The van der Waals surface area contributed by atoms with E-state index >= 15 is 0 Å². The van der Waals surface area contributed by atoms with Gasteiger partial charge in [-0.15, -0.1) is 0 Å². The molecule has 1 aromatic rings. The van der Waals surface area contributed by atoms with E-state index in [4.69, 9.17) is 15.2 Å². The predicted octanol–water partition coefficient (Wildman–Crippen LogP) is 1.13. The second-order valence-corrected chi connectivity index (χ2v) is 4.34. The first kappa shape index (κ1) is 9.66. The molecule has 1 heterocycles. The van der Waals surface area contributed by atoms with Crippen LogP contribution in [-0.2, 0) is 0 Å². The number of hydrogen-bond donors (Lipinski definition) is 1. The quantitative estimate of drug-likeness (QED) is 0.757. The Kier molecular flexibility index (Phi) is 1.94. The number of fused-ring (bicyclic) bond motifs is 1. The number of Topliss-reactive ketones (excluding diaryl/α,β-unsaturated/α-hetero) is 1. The molecule has 0 aromatic heterocycles. The Morgan fingerprint density at radius 1 is 1.19 bits per heavy atom. The van der Waals surface area contributed by atoms with E-state index in [9.17, 15) is 4.79 Å². The second-order valence-electron chi connectivity index (χ2n) is 4.34. The van der Waals surface area contributed by atoms with Crippen molar-refractivity contribution < 1.29 is 14.3 Å². The van der Waals surface area contributed by atoms with Crippen molar-refractivity contribution in [3.05, 3.63) is 23.8 Å². The maximum absolute atomic E-state index is 12.0. The van der Waals surface area contributed by atoms with Crippen LogP contribution in [0, 0.1) is 0 Å². The van der Waals surface area contributed by atoms with Crippen molar-refractivity contribution in [1.82, 2.24) is 0 Å². The zero-order valence-electron chi connectivity index (χ0n) is 8.86. The molecule has 0 unspecified atom stereocenters. The summed E-state index contributed by atoms with van der Waals surface area (Å²) in [5.74, 6) is 1.34. The number of carbonyl (C=O) groups is 1. The summed E-state index contributed by atoms with van der Waals surface area (Å²) < 4.78 is 10.8. The molecule has 0 atom stereocenters. The summed E-state index contributed by atoms with van der Waals surface area (Å²) in [4.78, 5) is 12.0. The number of nitrogens with two attached hydrogens (primary N) is 1. The molecule has 0 radical (unpaired) electrons. The summed E-state index contributed by atoms with van der Waals surface area (Å²) >= 11 is 0. The van der Waals surface area contributed by atoms with Gasteiger partial charge in [-0.3, -0.25) is 4.79 Å². The lowest BCUT2D eigenvalue weighted by Gasteiger charge is -2.19. The lowest BCUT2D eigenvalue weighted by Crippen LogP contribution is -2.32. The molecular weight excluding hydrogens is 206 g/mol. The van der Waals surface area contributed by atoms with Crippen LogP contribution in [0.1, 0.15) is 23.2 Å². The molecule has 0 saturated heterocycles. The van der Waals surface area contributed by atoms with Crippen LogP contribution in [0.25, 0.3) is 0 Å². The first-order valence-corrected chi connectivity index (χ1v) is 5.42. The van der Waals surface area contributed by atoms with Crippen molar-refractivity contribution in [2.45, 2.75) is 18.4 Å². The summed E-state index contributed by atoms with van der Waals surface area (Å²) in [6.07, 6.45) is 1.56. The van der Waals surface area contributed by atoms with Crippen LogP contribution in [-0.4, -0.2) is 24.5 Å². The summed E-state index contributed by atoms with van der Waals surface area (Å²) in [6, 6.07) is 5.25. The smallest absolute Gasteiger partial charge is 0.182 e. The van der Waals surface area contributed by atoms with Crippen LogP contribution in [0.4, 0.5) is 0 Å². The van der Waals surface area contributed by atoms with E-state index < -0.39 is 5.54 Å². The van der Waals surface area contributed by atoms with E-state index in [1.807, 2.05) is 0 Å². The molecule has 3 rings (SSSR count). The Morgan fingerprint density at radius 3 is 2.56 bits per heavy atom. The van der Waals surface area contributed by atoms with Gasteiger partial charge in [0.15, 0.2) is 17.3 Å².